The number of guanidine groups is 1. The second-order valence-electron chi connectivity index (χ2n) is 5.39. The van der Waals surface area contributed by atoms with Crippen molar-refractivity contribution >= 4 is 27.8 Å². The highest BCUT2D eigenvalue weighted by molar-refractivity contribution is 9.10. The van der Waals surface area contributed by atoms with E-state index in [1.54, 1.807) is 13.1 Å². The molecule has 1 aromatic rings. The van der Waals surface area contributed by atoms with Crippen LogP contribution in [0.25, 0.3) is 0 Å². The van der Waals surface area contributed by atoms with E-state index < -0.39 is 0 Å². The zero-order valence-electron chi connectivity index (χ0n) is 12.9. The molecule has 6 heteroatoms. The van der Waals surface area contributed by atoms with Crippen LogP contribution >= 0.6 is 15.9 Å². The largest absolute Gasteiger partial charge is 0.355 e. The lowest BCUT2D eigenvalue weighted by Crippen LogP contribution is -2.44. The fourth-order valence-corrected chi connectivity index (χ4v) is 2.95. The third-order valence-corrected chi connectivity index (χ3v) is 4.20. The summed E-state index contributed by atoms with van der Waals surface area (Å²) in [5.41, 5.74) is 0.655. The lowest BCUT2D eigenvalue weighted by atomic mass is 10.2. The second kappa shape index (κ2) is 8.78. The molecule has 1 aliphatic carbocycles. The summed E-state index contributed by atoms with van der Waals surface area (Å²) in [5, 5.41) is 9.54. The van der Waals surface area contributed by atoms with Gasteiger partial charge in [-0.1, -0.05) is 34.8 Å². The summed E-state index contributed by atoms with van der Waals surface area (Å²) in [5.74, 6) is 0.741. The van der Waals surface area contributed by atoms with Gasteiger partial charge in [0.05, 0.1) is 0 Å². The van der Waals surface area contributed by atoms with Crippen LogP contribution in [0.2, 0.25) is 0 Å². The van der Waals surface area contributed by atoms with E-state index in [1.807, 2.05) is 18.2 Å². The number of carbonyl (C=O) groups excluding carboxylic acids is 1. The van der Waals surface area contributed by atoms with Crippen LogP contribution in [0.15, 0.2) is 33.7 Å². The number of carbonyl (C=O) groups is 1. The molecule has 120 valence electrons. The molecule has 0 spiro atoms. The van der Waals surface area contributed by atoms with Crippen molar-refractivity contribution in [3.8, 4) is 0 Å². The molecule has 1 fully saturated rings. The van der Waals surface area contributed by atoms with E-state index in [1.165, 1.54) is 25.7 Å². The number of halogens is 1. The third kappa shape index (κ3) is 5.33. The first-order chi connectivity index (χ1) is 10.7. The van der Waals surface area contributed by atoms with Gasteiger partial charge >= 0.3 is 0 Å². The van der Waals surface area contributed by atoms with Crippen LogP contribution in [0.5, 0.6) is 0 Å². The van der Waals surface area contributed by atoms with Gasteiger partial charge in [-0.3, -0.25) is 9.79 Å². The summed E-state index contributed by atoms with van der Waals surface area (Å²) in [6, 6.07) is 7.89. The van der Waals surface area contributed by atoms with Crippen LogP contribution in [0.3, 0.4) is 0 Å². The lowest BCUT2D eigenvalue weighted by molar-refractivity contribution is 0.0954. The molecule has 5 nitrogen and oxygen atoms in total. The zero-order chi connectivity index (χ0) is 15.8. The number of amides is 1. The molecular weight excluding hydrogens is 344 g/mol. The second-order valence-corrected chi connectivity index (χ2v) is 6.31. The van der Waals surface area contributed by atoms with Crippen molar-refractivity contribution in [2.75, 3.05) is 20.1 Å². The summed E-state index contributed by atoms with van der Waals surface area (Å²) < 4.78 is 0.902. The number of nitrogens with one attached hydrogen (secondary N) is 3. The highest BCUT2D eigenvalue weighted by atomic mass is 79.9. The van der Waals surface area contributed by atoms with E-state index in [9.17, 15) is 4.79 Å². The molecule has 0 bridgehead atoms. The topological polar surface area (TPSA) is 65.5 Å². The van der Waals surface area contributed by atoms with Crippen molar-refractivity contribution in [2.45, 2.75) is 31.7 Å². The van der Waals surface area contributed by atoms with E-state index in [0.717, 1.165) is 10.4 Å². The molecule has 0 heterocycles. The highest BCUT2D eigenvalue weighted by Crippen LogP contribution is 2.17. The standard InChI is InChI=1S/C16H23BrN4O/c1-18-16(21-14-7-2-3-8-14)20-10-9-19-15(22)12-5-4-6-13(17)11-12/h4-6,11,14H,2-3,7-10H2,1H3,(H,19,22)(H2,18,20,21). The molecular formula is C16H23BrN4O. The van der Waals surface area contributed by atoms with Gasteiger partial charge in [-0.15, -0.1) is 0 Å². The monoisotopic (exact) mass is 366 g/mol. The molecule has 1 amide bonds. The molecule has 22 heavy (non-hydrogen) atoms. The van der Waals surface area contributed by atoms with E-state index in [2.05, 4.69) is 36.9 Å². The van der Waals surface area contributed by atoms with Crippen molar-refractivity contribution in [3.05, 3.63) is 34.3 Å². The zero-order valence-corrected chi connectivity index (χ0v) is 14.4. The van der Waals surface area contributed by atoms with Crippen LogP contribution < -0.4 is 16.0 Å². The third-order valence-electron chi connectivity index (χ3n) is 3.71. The minimum atomic E-state index is -0.0677. The average molecular weight is 367 g/mol. The van der Waals surface area contributed by atoms with Crippen LogP contribution in [-0.4, -0.2) is 38.0 Å². The maximum absolute atomic E-state index is 12.0. The van der Waals surface area contributed by atoms with Gasteiger partial charge in [0, 0.05) is 36.2 Å². The SMILES string of the molecule is CN=C(NCCNC(=O)c1cccc(Br)c1)NC1CCCC1. The van der Waals surface area contributed by atoms with Crippen molar-refractivity contribution in [3.63, 3.8) is 0 Å². The maximum atomic E-state index is 12.0. The predicted molar refractivity (Wildman–Crippen MR) is 93.2 cm³/mol. The normalized spacial score (nSPS) is 15.6. The van der Waals surface area contributed by atoms with Gasteiger partial charge in [-0.2, -0.15) is 0 Å². The number of hydrogen-bond donors (Lipinski definition) is 3. The molecule has 0 saturated heterocycles. The van der Waals surface area contributed by atoms with E-state index in [4.69, 9.17) is 0 Å². The summed E-state index contributed by atoms with van der Waals surface area (Å²) >= 11 is 3.37. The Morgan fingerprint density at radius 1 is 1.27 bits per heavy atom. The molecule has 0 unspecified atom stereocenters. The van der Waals surface area contributed by atoms with E-state index in [-0.39, 0.29) is 5.91 Å². The number of hydrogen-bond acceptors (Lipinski definition) is 2. The molecule has 0 radical (unpaired) electrons. The Bertz CT molecular complexity index is 527. The minimum absolute atomic E-state index is 0.0677. The van der Waals surface area contributed by atoms with Gasteiger partial charge in [-0.05, 0) is 31.0 Å². The lowest BCUT2D eigenvalue weighted by Gasteiger charge is -2.17. The van der Waals surface area contributed by atoms with Crippen LogP contribution in [0.1, 0.15) is 36.0 Å². The maximum Gasteiger partial charge on any atom is 0.251 e. The summed E-state index contributed by atoms with van der Waals surface area (Å²) in [4.78, 5) is 16.2. The van der Waals surface area contributed by atoms with Gasteiger partial charge in [0.2, 0.25) is 0 Å². The van der Waals surface area contributed by atoms with Crippen LogP contribution in [0, 0.1) is 0 Å². The van der Waals surface area contributed by atoms with Gasteiger partial charge in [0.15, 0.2) is 5.96 Å². The van der Waals surface area contributed by atoms with Gasteiger partial charge < -0.3 is 16.0 Å². The highest BCUT2D eigenvalue weighted by Gasteiger charge is 2.15. The van der Waals surface area contributed by atoms with Crippen molar-refractivity contribution < 1.29 is 4.79 Å². The Kier molecular flexibility index (Phi) is 6.71. The van der Waals surface area contributed by atoms with Crippen molar-refractivity contribution in [1.82, 2.24) is 16.0 Å². The quantitative estimate of drug-likeness (QED) is 0.425. The van der Waals surface area contributed by atoms with E-state index in [0.29, 0.717) is 24.7 Å². The molecule has 1 aliphatic rings. The van der Waals surface area contributed by atoms with Crippen LogP contribution in [-0.2, 0) is 0 Å². The summed E-state index contributed by atoms with van der Waals surface area (Å²) in [6.07, 6.45) is 5.00. The molecule has 1 saturated carbocycles. The molecule has 2 rings (SSSR count). The number of nitrogens with zero attached hydrogens (tertiary/aromatic N) is 1. The Morgan fingerprint density at radius 3 is 2.68 bits per heavy atom. The minimum Gasteiger partial charge on any atom is -0.355 e. The van der Waals surface area contributed by atoms with Crippen molar-refractivity contribution in [1.29, 1.82) is 0 Å². The Balaban J connectivity index is 1.68. The summed E-state index contributed by atoms with van der Waals surface area (Å²) in [7, 11) is 1.77. The number of benzene rings is 1. The van der Waals surface area contributed by atoms with Gasteiger partial charge in [-0.25, -0.2) is 0 Å². The molecule has 0 atom stereocenters. The van der Waals surface area contributed by atoms with E-state index >= 15 is 0 Å². The smallest absolute Gasteiger partial charge is 0.251 e. The predicted octanol–water partition coefficient (Wildman–Crippen LogP) is 2.29. The molecule has 3 N–H and O–H groups in total. The fourth-order valence-electron chi connectivity index (χ4n) is 2.55. The number of aliphatic imine (C=N–C) groups is 1. The van der Waals surface area contributed by atoms with Crippen molar-refractivity contribution in [2.24, 2.45) is 4.99 Å². The molecule has 0 aromatic heterocycles. The number of rotatable bonds is 5. The molecule has 1 aromatic carbocycles. The first-order valence-corrected chi connectivity index (χ1v) is 8.49. The Labute approximate surface area is 140 Å². The Hall–Kier alpha value is -1.56. The Morgan fingerprint density at radius 2 is 2.00 bits per heavy atom. The van der Waals surface area contributed by atoms with Gasteiger partial charge in [0.25, 0.3) is 5.91 Å². The first kappa shape index (κ1) is 16.8. The molecule has 0 aliphatic heterocycles. The first-order valence-electron chi connectivity index (χ1n) is 7.70. The average Bonchev–Trinajstić information content (AvgIpc) is 3.03. The van der Waals surface area contributed by atoms with Gasteiger partial charge in [0.1, 0.15) is 0 Å². The summed E-state index contributed by atoms with van der Waals surface area (Å²) in [6.45, 7) is 1.20. The fraction of sp³-hybridized carbons (Fsp3) is 0.500. The van der Waals surface area contributed by atoms with Crippen LogP contribution in [0.4, 0.5) is 0 Å².